The number of unbranched alkanes of at least 4 members (excludes halogenated alkanes) is 1. The van der Waals surface area contributed by atoms with Crippen molar-refractivity contribution in [1.29, 1.82) is 0 Å². The fraction of sp³-hybridized carbons (Fsp3) is 0.500. The third kappa shape index (κ3) is 6.48. The Balaban J connectivity index is 2.60. The smallest absolute Gasteiger partial charge is 0.126 e. The first-order chi connectivity index (χ1) is 9.15. The van der Waals surface area contributed by atoms with Crippen LogP contribution >= 0.6 is 0 Å². The van der Waals surface area contributed by atoms with Crippen molar-refractivity contribution in [3.8, 4) is 0 Å². The van der Waals surface area contributed by atoms with Crippen LogP contribution in [0.2, 0.25) is 0 Å². The van der Waals surface area contributed by atoms with E-state index < -0.39 is 11.6 Å². The van der Waals surface area contributed by atoms with Crippen LogP contribution in [0.4, 0.5) is 8.78 Å². The Labute approximate surface area is 114 Å². The Morgan fingerprint density at radius 2 is 1.95 bits per heavy atom. The lowest BCUT2D eigenvalue weighted by atomic mass is 10.0. The zero-order valence-electron chi connectivity index (χ0n) is 11.6. The van der Waals surface area contributed by atoms with Crippen LogP contribution in [-0.4, -0.2) is 12.6 Å². The molecular formula is C16H23F2N. The quantitative estimate of drug-likeness (QED) is 0.521. The van der Waals surface area contributed by atoms with Gasteiger partial charge in [-0.1, -0.05) is 13.0 Å². The molecule has 0 saturated heterocycles. The molecule has 1 aromatic carbocycles. The van der Waals surface area contributed by atoms with E-state index in [1.165, 1.54) is 12.1 Å². The van der Waals surface area contributed by atoms with E-state index in [-0.39, 0.29) is 6.04 Å². The van der Waals surface area contributed by atoms with Gasteiger partial charge in [-0.25, -0.2) is 8.78 Å². The van der Waals surface area contributed by atoms with Gasteiger partial charge in [0.25, 0.3) is 0 Å². The summed E-state index contributed by atoms with van der Waals surface area (Å²) in [5.74, 6) is -1.01. The number of allylic oxidation sites excluding steroid dienone is 1. The van der Waals surface area contributed by atoms with Crippen molar-refractivity contribution in [2.45, 2.75) is 45.1 Å². The molecule has 1 rings (SSSR count). The molecule has 1 atom stereocenters. The first kappa shape index (κ1) is 15.8. The SMILES string of the molecule is C=CCCCC(Cc1cc(F)cc(F)c1)NCCC. The lowest BCUT2D eigenvalue weighted by Gasteiger charge is -2.18. The number of benzene rings is 1. The minimum absolute atomic E-state index is 0.265. The van der Waals surface area contributed by atoms with E-state index >= 15 is 0 Å². The van der Waals surface area contributed by atoms with Crippen molar-refractivity contribution < 1.29 is 8.78 Å². The Hall–Kier alpha value is -1.22. The first-order valence-corrected chi connectivity index (χ1v) is 6.95. The standard InChI is InChI=1S/C16H23F2N/c1-3-5-6-7-16(19-8-4-2)11-13-9-14(17)12-15(18)10-13/h3,9-10,12,16,19H,1,4-8,11H2,2H3. The predicted molar refractivity (Wildman–Crippen MR) is 76.2 cm³/mol. The molecule has 19 heavy (non-hydrogen) atoms. The Morgan fingerprint density at radius 1 is 1.26 bits per heavy atom. The van der Waals surface area contributed by atoms with Gasteiger partial charge in [-0.3, -0.25) is 0 Å². The summed E-state index contributed by atoms with van der Waals surface area (Å²) in [6.45, 7) is 6.74. The number of rotatable bonds is 9. The molecule has 3 heteroatoms. The maximum atomic E-state index is 13.2. The fourth-order valence-corrected chi connectivity index (χ4v) is 2.15. The van der Waals surface area contributed by atoms with E-state index in [2.05, 4.69) is 18.8 Å². The lowest BCUT2D eigenvalue weighted by Crippen LogP contribution is -2.31. The summed E-state index contributed by atoms with van der Waals surface area (Å²) in [6.07, 6.45) is 6.62. The third-order valence-electron chi connectivity index (χ3n) is 3.05. The summed E-state index contributed by atoms with van der Waals surface area (Å²) < 4.78 is 26.3. The maximum absolute atomic E-state index is 13.2. The average molecular weight is 267 g/mol. The van der Waals surface area contributed by atoms with Gasteiger partial charge >= 0.3 is 0 Å². The van der Waals surface area contributed by atoms with Crippen molar-refractivity contribution in [2.24, 2.45) is 0 Å². The van der Waals surface area contributed by atoms with Crippen molar-refractivity contribution in [2.75, 3.05) is 6.54 Å². The van der Waals surface area contributed by atoms with Crippen molar-refractivity contribution in [3.05, 3.63) is 48.1 Å². The first-order valence-electron chi connectivity index (χ1n) is 6.95. The highest BCUT2D eigenvalue weighted by Crippen LogP contribution is 2.13. The van der Waals surface area contributed by atoms with Crippen LogP contribution in [0.25, 0.3) is 0 Å². The minimum Gasteiger partial charge on any atom is -0.314 e. The summed E-state index contributed by atoms with van der Waals surface area (Å²) in [5.41, 5.74) is 0.713. The van der Waals surface area contributed by atoms with E-state index in [4.69, 9.17) is 0 Å². The zero-order valence-corrected chi connectivity index (χ0v) is 11.6. The van der Waals surface area contributed by atoms with Crippen LogP contribution < -0.4 is 5.32 Å². The highest BCUT2D eigenvalue weighted by Gasteiger charge is 2.10. The van der Waals surface area contributed by atoms with Gasteiger partial charge < -0.3 is 5.32 Å². The average Bonchev–Trinajstić information content (AvgIpc) is 2.34. The molecule has 0 fully saturated rings. The van der Waals surface area contributed by atoms with Gasteiger partial charge in [0, 0.05) is 12.1 Å². The fourth-order valence-electron chi connectivity index (χ4n) is 2.15. The topological polar surface area (TPSA) is 12.0 Å². The lowest BCUT2D eigenvalue weighted by molar-refractivity contribution is 0.464. The monoisotopic (exact) mass is 267 g/mol. The summed E-state index contributed by atoms with van der Waals surface area (Å²) in [6, 6.07) is 4.01. The second-order valence-corrected chi connectivity index (χ2v) is 4.85. The van der Waals surface area contributed by atoms with Crippen molar-refractivity contribution in [1.82, 2.24) is 5.32 Å². The number of hydrogen-bond donors (Lipinski definition) is 1. The van der Waals surface area contributed by atoms with Crippen molar-refractivity contribution in [3.63, 3.8) is 0 Å². The molecule has 0 amide bonds. The number of halogens is 2. The molecule has 1 nitrogen and oxygen atoms in total. The maximum Gasteiger partial charge on any atom is 0.126 e. The van der Waals surface area contributed by atoms with Crippen LogP contribution in [-0.2, 0) is 6.42 Å². The largest absolute Gasteiger partial charge is 0.314 e. The van der Waals surface area contributed by atoms with Gasteiger partial charge in [-0.15, -0.1) is 6.58 Å². The molecule has 0 spiro atoms. The molecule has 1 N–H and O–H groups in total. The minimum atomic E-state index is -0.504. The van der Waals surface area contributed by atoms with Gasteiger partial charge in [0.15, 0.2) is 0 Å². The van der Waals surface area contributed by atoms with Gasteiger partial charge in [0.2, 0.25) is 0 Å². The number of hydrogen-bond acceptors (Lipinski definition) is 1. The zero-order chi connectivity index (χ0) is 14.1. The molecule has 0 aromatic heterocycles. The van der Waals surface area contributed by atoms with Gasteiger partial charge in [0.05, 0.1) is 0 Å². The molecule has 0 aliphatic rings. The summed E-state index contributed by atoms with van der Waals surface area (Å²) in [4.78, 5) is 0. The normalized spacial score (nSPS) is 12.4. The molecule has 0 radical (unpaired) electrons. The van der Waals surface area contributed by atoms with Crippen molar-refractivity contribution >= 4 is 0 Å². The Bertz CT molecular complexity index is 370. The van der Waals surface area contributed by atoms with E-state index in [9.17, 15) is 8.78 Å². The van der Waals surface area contributed by atoms with Gasteiger partial charge in [-0.05, 0) is 56.3 Å². The Kier molecular flexibility index (Phi) is 7.34. The molecule has 106 valence electrons. The van der Waals surface area contributed by atoms with Gasteiger partial charge in [-0.2, -0.15) is 0 Å². The molecule has 0 saturated carbocycles. The molecule has 1 unspecified atom stereocenters. The van der Waals surface area contributed by atoms with E-state index in [1.807, 2.05) is 6.08 Å². The third-order valence-corrected chi connectivity index (χ3v) is 3.05. The van der Waals surface area contributed by atoms with Crippen LogP contribution in [0, 0.1) is 11.6 Å². The van der Waals surface area contributed by atoms with E-state index in [0.29, 0.717) is 12.0 Å². The Morgan fingerprint density at radius 3 is 2.53 bits per heavy atom. The van der Waals surface area contributed by atoms with Crippen LogP contribution in [0.5, 0.6) is 0 Å². The van der Waals surface area contributed by atoms with Crippen LogP contribution in [0.3, 0.4) is 0 Å². The predicted octanol–water partition coefficient (Wildman–Crippen LogP) is 4.23. The molecule has 0 bridgehead atoms. The van der Waals surface area contributed by atoms with E-state index in [1.54, 1.807) is 0 Å². The summed E-state index contributed by atoms with van der Waals surface area (Å²) in [5, 5.41) is 3.44. The molecule has 0 aliphatic heterocycles. The van der Waals surface area contributed by atoms with Gasteiger partial charge in [0.1, 0.15) is 11.6 Å². The van der Waals surface area contributed by atoms with Crippen LogP contribution in [0.1, 0.15) is 38.2 Å². The summed E-state index contributed by atoms with van der Waals surface area (Å²) >= 11 is 0. The van der Waals surface area contributed by atoms with Crippen LogP contribution in [0.15, 0.2) is 30.9 Å². The highest BCUT2D eigenvalue weighted by atomic mass is 19.1. The molecule has 1 aromatic rings. The van der Waals surface area contributed by atoms with E-state index in [0.717, 1.165) is 38.3 Å². The second kappa shape index (κ2) is 8.81. The highest BCUT2D eigenvalue weighted by molar-refractivity contribution is 5.19. The summed E-state index contributed by atoms with van der Waals surface area (Å²) in [7, 11) is 0. The molecule has 0 heterocycles. The molecular weight excluding hydrogens is 244 g/mol. The number of nitrogens with one attached hydrogen (secondary N) is 1. The second-order valence-electron chi connectivity index (χ2n) is 4.85. The molecule has 0 aliphatic carbocycles.